The normalized spacial score (nSPS) is 13.9. The summed E-state index contributed by atoms with van der Waals surface area (Å²) in [5.41, 5.74) is 3.84. The summed E-state index contributed by atoms with van der Waals surface area (Å²) in [5, 5.41) is 2.75. The smallest absolute Gasteiger partial charge is 0.251 e. The number of hydrogen-bond donors (Lipinski definition) is 1. The van der Waals surface area contributed by atoms with Gasteiger partial charge in [0.1, 0.15) is 5.75 Å². The number of benzene rings is 2. The van der Waals surface area contributed by atoms with Gasteiger partial charge in [-0.05, 0) is 56.2 Å². The number of nitrogens with zero attached hydrogens (tertiary/aromatic N) is 2. The quantitative estimate of drug-likeness (QED) is 0.817. The molecular formula is C23H29N3O3. The van der Waals surface area contributed by atoms with E-state index in [0.717, 1.165) is 35.7 Å². The van der Waals surface area contributed by atoms with Crippen LogP contribution in [0.5, 0.6) is 5.75 Å². The number of ether oxygens (including phenoxy) is 1. The number of para-hydroxylation sites is 2. The number of hydrogen-bond acceptors (Lipinski definition) is 4. The molecule has 1 aliphatic heterocycles. The molecule has 0 atom stereocenters. The molecule has 1 aliphatic rings. The zero-order chi connectivity index (χ0) is 20.8. The van der Waals surface area contributed by atoms with Gasteiger partial charge in [0.25, 0.3) is 5.91 Å². The molecule has 0 spiro atoms. The molecule has 0 saturated carbocycles. The van der Waals surface area contributed by atoms with Crippen molar-refractivity contribution in [2.45, 2.75) is 20.8 Å². The molecule has 2 amide bonds. The minimum absolute atomic E-state index is 0.0152. The topological polar surface area (TPSA) is 61.9 Å². The maximum absolute atomic E-state index is 12.5. The van der Waals surface area contributed by atoms with Crippen molar-refractivity contribution in [3.63, 3.8) is 0 Å². The molecular weight excluding hydrogens is 366 g/mol. The molecule has 0 radical (unpaired) electrons. The van der Waals surface area contributed by atoms with E-state index in [1.807, 2.05) is 57.2 Å². The Bertz CT molecular complexity index is 873. The summed E-state index contributed by atoms with van der Waals surface area (Å²) in [6, 6.07) is 13.5. The molecule has 0 bridgehead atoms. The second-order valence-corrected chi connectivity index (χ2v) is 7.25. The number of aryl methyl sites for hydroxylation is 2. The Morgan fingerprint density at radius 3 is 2.41 bits per heavy atom. The first-order valence-electron chi connectivity index (χ1n) is 10.1. The monoisotopic (exact) mass is 395 g/mol. The van der Waals surface area contributed by atoms with Crippen LogP contribution in [0.2, 0.25) is 0 Å². The average molecular weight is 396 g/mol. The van der Waals surface area contributed by atoms with Gasteiger partial charge in [0, 0.05) is 31.7 Å². The van der Waals surface area contributed by atoms with Crippen molar-refractivity contribution in [2.75, 3.05) is 44.2 Å². The number of carbonyl (C=O) groups is 2. The highest BCUT2D eigenvalue weighted by Gasteiger charge is 2.23. The van der Waals surface area contributed by atoms with Crippen LogP contribution in [0.15, 0.2) is 42.5 Å². The Kier molecular flexibility index (Phi) is 6.75. The lowest BCUT2D eigenvalue weighted by atomic mass is 10.1. The molecule has 154 valence electrons. The van der Waals surface area contributed by atoms with Gasteiger partial charge in [-0.2, -0.15) is 0 Å². The maximum Gasteiger partial charge on any atom is 0.251 e. The number of rotatable bonds is 6. The van der Waals surface area contributed by atoms with Crippen LogP contribution in [0.25, 0.3) is 0 Å². The van der Waals surface area contributed by atoms with Gasteiger partial charge in [-0.25, -0.2) is 0 Å². The van der Waals surface area contributed by atoms with Gasteiger partial charge in [-0.15, -0.1) is 0 Å². The first-order chi connectivity index (χ1) is 14.0. The van der Waals surface area contributed by atoms with E-state index in [9.17, 15) is 9.59 Å². The third-order valence-corrected chi connectivity index (χ3v) is 5.31. The zero-order valence-corrected chi connectivity index (χ0v) is 17.4. The average Bonchev–Trinajstić information content (AvgIpc) is 2.74. The van der Waals surface area contributed by atoms with Crippen molar-refractivity contribution in [1.82, 2.24) is 10.2 Å². The number of carbonyl (C=O) groups excluding carboxylic acids is 2. The van der Waals surface area contributed by atoms with Gasteiger partial charge in [-0.1, -0.05) is 18.2 Å². The third-order valence-electron chi connectivity index (χ3n) is 5.31. The summed E-state index contributed by atoms with van der Waals surface area (Å²) in [7, 11) is 0. The van der Waals surface area contributed by atoms with E-state index in [1.165, 1.54) is 0 Å². The number of amides is 2. The van der Waals surface area contributed by atoms with Gasteiger partial charge in [0.2, 0.25) is 5.91 Å². The van der Waals surface area contributed by atoms with Crippen LogP contribution in [0.1, 0.15) is 28.4 Å². The summed E-state index contributed by atoms with van der Waals surface area (Å²) in [4.78, 5) is 28.9. The summed E-state index contributed by atoms with van der Waals surface area (Å²) in [6.45, 7) is 9.31. The Hall–Kier alpha value is -3.02. The molecule has 1 fully saturated rings. The molecule has 0 aliphatic carbocycles. The first kappa shape index (κ1) is 20.7. The predicted octanol–water partition coefficient (Wildman–Crippen LogP) is 2.78. The fourth-order valence-corrected chi connectivity index (χ4v) is 3.45. The number of nitrogens with one attached hydrogen (secondary N) is 1. The minimum atomic E-state index is -0.217. The van der Waals surface area contributed by atoms with Crippen molar-refractivity contribution in [2.24, 2.45) is 0 Å². The molecule has 0 aromatic heterocycles. The van der Waals surface area contributed by atoms with Crippen molar-refractivity contribution in [1.29, 1.82) is 0 Å². The Morgan fingerprint density at radius 2 is 1.72 bits per heavy atom. The van der Waals surface area contributed by atoms with Crippen LogP contribution >= 0.6 is 0 Å². The second-order valence-electron chi connectivity index (χ2n) is 7.25. The van der Waals surface area contributed by atoms with Crippen LogP contribution in [0, 0.1) is 13.8 Å². The molecule has 6 heteroatoms. The van der Waals surface area contributed by atoms with E-state index in [-0.39, 0.29) is 18.4 Å². The Balaban J connectivity index is 1.51. The number of anilines is 1. The lowest BCUT2D eigenvalue weighted by molar-refractivity contribution is -0.130. The number of piperazine rings is 1. The summed E-state index contributed by atoms with van der Waals surface area (Å²) >= 11 is 0. The summed E-state index contributed by atoms with van der Waals surface area (Å²) < 4.78 is 5.72. The van der Waals surface area contributed by atoms with Crippen LogP contribution in [0.3, 0.4) is 0 Å². The van der Waals surface area contributed by atoms with Crippen LogP contribution < -0.4 is 15.0 Å². The highest BCUT2D eigenvalue weighted by atomic mass is 16.5. The second kappa shape index (κ2) is 9.45. The molecule has 2 aromatic rings. The molecule has 6 nitrogen and oxygen atoms in total. The lowest BCUT2D eigenvalue weighted by Crippen LogP contribution is -2.51. The van der Waals surface area contributed by atoms with E-state index < -0.39 is 0 Å². The fourth-order valence-electron chi connectivity index (χ4n) is 3.45. The largest absolute Gasteiger partial charge is 0.492 e. The first-order valence-corrected chi connectivity index (χ1v) is 10.1. The highest BCUT2D eigenvalue weighted by Crippen LogP contribution is 2.28. The van der Waals surface area contributed by atoms with E-state index >= 15 is 0 Å². The maximum atomic E-state index is 12.5. The van der Waals surface area contributed by atoms with Crippen LogP contribution in [0.4, 0.5) is 5.69 Å². The predicted molar refractivity (Wildman–Crippen MR) is 115 cm³/mol. The van der Waals surface area contributed by atoms with Gasteiger partial charge in [0.15, 0.2) is 0 Å². The van der Waals surface area contributed by atoms with Gasteiger partial charge in [0.05, 0.1) is 18.8 Å². The Morgan fingerprint density at radius 1 is 1.00 bits per heavy atom. The molecule has 1 N–H and O–H groups in total. The molecule has 3 rings (SSSR count). The minimum Gasteiger partial charge on any atom is -0.492 e. The molecule has 1 heterocycles. The zero-order valence-electron chi connectivity index (χ0n) is 17.4. The third kappa shape index (κ3) is 5.08. The summed E-state index contributed by atoms with van der Waals surface area (Å²) in [6.07, 6.45) is 0. The molecule has 0 unspecified atom stereocenters. The Labute approximate surface area is 172 Å². The highest BCUT2D eigenvalue weighted by molar-refractivity contribution is 5.96. The van der Waals surface area contributed by atoms with Crippen LogP contribution in [-0.2, 0) is 4.79 Å². The fraction of sp³-hybridized carbons (Fsp3) is 0.391. The van der Waals surface area contributed by atoms with Crippen molar-refractivity contribution in [3.05, 3.63) is 59.2 Å². The van der Waals surface area contributed by atoms with E-state index in [2.05, 4.69) is 10.2 Å². The van der Waals surface area contributed by atoms with E-state index in [4.69, 9.17) is 4.74 Å². The summed E-state index contributed by atoms with van der Waals surface area (Å²) in [5.74, 6) is 0.598. The SMILES string of the molecule is CCOc1ccccc1N1CCN(C(=O)CNC(=O)c2ccc(C)c(C)c2)CC1. The van der Waals surface area contributed by atoms with Gasteiger partial charge < -0.3 is 19.9 Å². The molecule has 29 heavy (non-hydrogen) atoms. The van der Waals surface area contributed by atoms with E-state index in [0.29, 0.717) is 25.3 Å². The van der Waals surface area contributed by atoms with E-state index in [1.54, 1.807) is 11.0 Å². The van der Waals surface area contributed by atoms with Gasteiger partial charge >= 0.3 is 0 Å². The van der Waals surface area contributed by atoms with Crippen molar-refractivity contribution in [3.8, 4) is 5.75 Å². The molecule has 1 saturated heterocycles. The van der Waals surface area contributed by atoms with Crippen molar-refractivity contribution >= 4 is 17.5 Å². The van der Waals surface area contributed by atoms with Crippen molar-refractivity contribution < 1.29 is 14.3 Å². The molecule has 2 aromatic carbocycles. The standard InChI is InChI=1S/C23H29N3O3/c1-4-29-21-8-6-5-7-20(21)25-11-13-26(14-12-25)22(27)16-24-23(28)19-10-9-17(2)18(3)15-19/h5-10,15H,4,11-14,16H2,1-3H3,(H,24,28). The van der Waals surface area contributed by atoms with Gasteiger partial charge in [-0.3, -0.25) is 9.59 Å². The van der Waals surface area contributed by atoms with Crippen LogP contribution in [-0.4, -0.2) is 56.0 Å². The lowest BCUT2D eigenvalue weighted by Gasteiger charge is -2.36.